The maximum atomic E-state index is 14.1. The molecule has 2 aromatic heterocycles. The van der Waals surface area contributed by atoms with E-state index in [9.17, 15) is 9.59 Å². The average molecular weight is 566 g/mol. The maximum Gasteiger partial charge on any atom is 0.338 e. The molecule has 3 heterocycles. The van der Waals surface area contributed by atoms with Crippen LogP contribution in [-0.2, 0) is 16.6 Å². The van der Waals surface area contributed by atoms with Crippen molar-refractivity contribution in [1.82, 2.24) is 9.13 Å². The number of aromatic nitrogens is 2. The lowest BCUT2D eigenvalue weighted by molar-refractivity contribution is -0.138. The molecule has 1 aliphatic rings. The number of aryl methyl sites for hydroxylation is 1. The fourth-order valence-corrected chi connectivity index (χ4v) is 6.57. The number of thiazole rings is 1. The van der Waals surface area contributed by atoms with Crippen LogP contribution in [0.4, 0.5) is 0 Å². The largest absolute Gasteiger partial charge is 0.463 e. The van der Waals surface area contributed by atoms with Crippen molar-refractivity contribution >= 4 is 51.7 Å². The standard InChI is InChI=1S/C32H27N3O3S2/c1-4-38-31(37)27-28(20-10-6-5-7-11-20)33-32-35(29(27)21-14-16-23(39-3)17-15-21)30(36)26(40-32)18-22-19-34(2)25-13-9-8-12-24(22)25/h5-19,29H,4H2,1-3H3/b26-18-/t29-/m1/s1. The quantitative estimate of drug-likeness (QED) is 0.211. The van der Waals surface area contributed by atoms with Crippen LogP contribution in [0.3, 0.4) is 0 Å². The predicted molar refractivity (Wildman–Crippen MR) is 162 cm³/mol. The van der Waals surface area contributed by atoms with Crippen molar-refractivity contribution in [3.63, 3.8) is 0 Å². The minimum Gasteiger partial charge on any atom is -0.463 e. The predicted octanol–water partition coefficient (Wildman–Crippen LogP) is 5.15. The maximum absolute atomic E-state index is 14.1. The molecule has 0 saturated heterocycles. The van der Waals surface area contributed by atoms with Gasteiger partial charge in [0.25, 0.3) is 5.56 Å². The molecule has 3 aromatic carbocycles. The van der Waals surface area contributed by atoms with Crippen molar-refractivity contribution in [3.8, 4) is 0 Å². The van der Waals surface area contributed by atoms with Crippen molar-refractivity contribution in [2.75, 3.05) is 12.9 Å². The molecule has 0 aliphatic carbocycles. The van der Waals surface area contributed by atoms with E-state index < -0.39 is 12.0 Å². The van der Waals surface area contributed by atoms with E-state index in [1.54, 1.807) is 23.3 Å². The second-order valence-corrected chi connectivity index (χ2v) is 11.3. The third-order valence-corrected chi connectivity index (χ3v) is 8.75. The van der Waals surface area contributed by atoms with Crippen molar-refractivity contribution in [2.45, 2.75) is 17.9 Å². The SMILES string of the molecule is CCOC(=O)C1=C(c2ccccc2)N=c2s/c(=C\c3cn(C)c4ccccc34)c(=O)n2[C@@H]1c1ccc(SC)cc1. The number of ether oxygens (including phenoxy) is 1. The summed E-state index contributed by atoms with van der Waals surface area (Å²) >= 11 is 2.97. The smallest absolute Gasteiger partial charge is 0.338 e. The van der Waals surface area contributed by atoms with Crippen molar-refractivity contribution < 1.29 is 9.53 Å². The minimum absolute atomic E-state index is 0.190. The topological polar surface area (TPSA) is 65.6 Å². The number of rotatable bonds is 6. The summed E-state index contributed by atoms with van der Waals surface area (Å²) in [4.78, 5) is 34.3. The van der Waals surface area contributed by atoms with E-state index in [0.717, 1.165) is 32.5 Å². The minimum atomic E-state index is -0.684. The van der Waals surface area contributed by atoms with E-state index in [4.69, 9.17) is 9.73 Å². The van der Waals surface area contributed by atoms with Crippen molar-refractivity contribution in [1.29, 1.82) is 0 Å². The van der Waals surface area contributed by atoms with Crippen molar-refractivity contribution in [2.24, 2.45) is 12.0 Å². The normalized spacial score (nSPS) is 15.3. The second-order valence-electron chi connectivity index (χ2n) is 9.42. The van der Waals surface area contributed by atoms with E-state index in [0.29, 0.717) is 20.6 Å². The Morgan fingerprint density at radius 3 is 2.50 bits per heavy atom. The zero-order valence-corrected chi connectivity index (χ0v) is 24.0. The summed E-state index contributed by atoms with van der Waals surface area (Å²) in [7, 11) is 2.00. The first-order valence-corrected chi connectivity index (χ1v) is 15.0. The summed E-state index contributed by atoms with van der Waals surface area (Å²) in [5.41, 5.74) is 4.35. The highest BCUT2D eigenvalue weighted by atomic mass is 32.2. The highest BCUT2D eigenvalue weighted by Crippen LogP contribution is 2.35. The second kappa shape index (κ2) is 10.8. The molecule has 0 N–H and O–H groups in total. The monoisotopic (exact) mass is 565 g/mol. The van der Waals surface area contributed by atoms with Gasteiger partial charge in [0, 0.05) is 40.2 Å². The lowest BCUT2D eigenvalue weighted by Gasteiger charge is -2.26. The van der Waals surface area contributed by atoms with Gasteiger partial charge in [-0.3, -0.25) is 9.36 Å². The van der Waals surface area contributed by atoms with Gasteiger partial charge in [-0.25, -0.2) is 9.79 Å². The molecule has 0 fully saturated rings. The van der Waals surface area contributed by atoms with Crippen LogP contribution < -0.4 is 14.9 Å². The Kier molecular flexibility index (Phi) is 7.04. The summed E-state index contributed by atoms with van der Waals surface area (Å²) < 4.78 is 9.81. The summed E-state index contributed by atoms with van der Waals surface area (Å²) in [5, 5.41) is 1.07. The molecule has 6 rings (SSSR count). The van der Waals surface area contributed by atoms with E-state index >= 15 is 0 Å². The highest BCUT2D eigenvalue weighted by molar-refractivity contribution is 7.98. The van der Waals surface area contributed by atoms with Gasteiger partial charge in [-0.05, 0) is 43.0 Å². The molecule has 0 radical (unpaired) electrons. The fourth-order valence-electron chi connectivity index (χ4n) is 5.17. The number of fused-ring (bicyclic) bond motifs is 2. The lowest BCUT2D eigenvalue weighted by atomic mass is 9.93. The van der Waals surface area contributed by atoms with E-state index in [2.05, 4.69) is 16.7 Å². The molecule has 6 nitrogen and oxygen atoms in total. The fraction of sp³-hybridized carbons (Fsp3) is 0.156. The van der Waals surface area contributed by atoms with Crippen molar-refractivity contribution in [3.05, 3.63) is 127 Å². The summed E-state index contributed by atoms with van der Waals surface area (Å²) in [6, 6.07) is 25.0. The van der Waals surface area contributed by atoms with Crippen LogP contribution in [0.25, 0.3) is 22.7 Å². The molecule has 40 heavy (non-hydrogen) atoms. The summed E-state index contributed by atoms with van der Waals surface area (Å²) in [6.45, 7) is 2.00. The Balaban J connectivity index is 1.65. The lowest BCUT2D eigenvalue weighted by Crippen LogP contribution is -2.40. The van der Waals surface area contributed by atoms with Crippen LogP contribution in [-0.4, -0.2) is 28.0 Å². The zero-order valence-electron chi connectivity index (χ0n) is 22.3. The van der Waals surface area contributed by atoms with Crippen LogP contribution >= 0.6 is 23.1 Å². The van der Waals surface area contributed by atoms with Gasteiger partial charge in [-0.15, -0.1) is 11.8 Å². The van der Waals surface area contributed by atoms with Gasteiger partial charge in [0.1, 0.15) is 0 Å². The molecule has 8 heteroatoms. The molecule has 200 valence electrons. The van der Waals surface area contributed by atoms with Crippen LogP contribution in [0.5, 0.6) is 0 Å². The van der Waals surface area contributed by atoms with E-state index in [1.165, 1.54) is 11.3 Å². The molecule has 5 aromatic rings. The Labute approximate surface area is 239 Å². The third kappa shape index (κ3) is 4.53. The zero-order chi connectivity index (χ0) is 27.8. The first-order chi connectivity index (χ1) is 19.5. The van der Waals surface area contributed by atoms with Gasteiger partial charge < -0.3 is 9.30 Å². The molecule has 0 spiro atoms. The Hall–Kier alpha value is -4.14. The van der Waals surface area contributed by atoms with Crippen LogP contribution in [0.15, 0.2) is 105 Å². The number of carbonyl (C=O) groups is 1. The molecule has 0 bridgehead atoms. The third-order valence-electron chi connectivity index (χ3n) is 7.02. The number of nitrogens with zero attached hydrogens (tertiary/aromatic N) is 3. The number of esters is 1. The first kappa shape index (κ1) is 26.1. The number of hydrogen-bond acceptors (Lipinski definition) is 6. The summed E-state index contributed by atoms with van der Waals surface area (Å²) in [6.07, 6.45) is 5.97. The molecule has 1 atom stereocenters. The van der Waals surface area contributed by atoms with E-state index in [-0.39, 0.29) is 12.2 Å². The first-order valence-electron chi connectivity index (χ1n) is 13.0. The molecular weight excluding hydrogens is 539 g/mol. The van der Waals surface area contributed by atoms with E-state index in [1.807, 2.05) is 92.3 Å². The number of benzene rings is 3. The molecular formula is C32H27N3O3S2. The number of thioether (sulfide) groups is 1. The molecule has 0 unspecified atom stereocenters. The molecule has 0 saturated carbocycles. The van der Waals surface area contributed by atoms with Gasteiger partial charge in [0.15, 0.2) is 4.80 Å². The Morgan fingerprint density at radius 1 is 1.05 bits per heavy atom. The molecule has 1 aliphatic heterocycles. The average Bonchev–Trinajstić information content (AvgIpc) is 3.48. The van der Waals surface area contributed by atoms with Crippen LogP contribution in [0.2, 0.25) is 0 Å². The van der Waals surface area contributed by atoms with Gasteiger partial charge in [-0.1, -0.05) is 72.0 Å². The van der Waals surface area contributed by atoms with Crippen LogP contribution in [0.1, 0.15) is 29.7 Å². The Bertz CT molecular complexity index is 1950. The van der Waals surface area contributed by atoms with Gasteiger partial charge >= 0.3 is 5.97 Å². The number of carbonyl (C=O) groups excluding carboxylic acids is 1. The molecule has 0 amide bonds. The van der Waals surface area contributed by atoms with Gasteiger partial charge in [-0.2, -0.15) is 0 Å². The Morgan fingerprint density at radius 2 is 1.77 bits per heavy atom. The highest BCUT2D eigenvalue weighted by Gasteiger charge is 2.35. The number of para-hydroxylation sites is 1. The van der Waals surface area contributed by atoms with Gasteiger partial charge in [0.05, 0.1) is 28.5 Å². The summed E-state index contributed by atoms with van der Waals surface area (Å²) in [5.74, 6) is -0.479. The number of hydrogen-bond donors (Lipinski definition) is 0. The van der Waals surface area contributed by atoms with Crippen LogP contribution in [0, 0.1) is 0 Å². The van der Waals surface area contributed by atoms with Gasteiger partial charge in [0.2, 0.25) is 0 Å².